The van der Waals surface area contributed by atoms with Crippen LogP contribution in [0.2, 0.25) is 0 Å². The summed E-state index contributed by atoms with van der Waals surface area (Å²) in [5.74, 6) is 0.808. The van der Waals surface area contributed by atoms with E-state index in [1.807, 2.05) is 59.5 Å². The molecule has 140 valence electrons. The van der Waals surface area contributed by atoms with Gasteiger partial charge in [0.2, 0.25) is 0 Å². The Hall–Kier alpha value is -2.04. The second kappa shape index (κ2) is 10.2. The van der Waals surface area contributed by atoms with Gasteiger partial charge in [-0.05, 0) is 56.1 Å². The van der Waals surface area contributed by atoms with Crippen molar-refractivity contribution in [3.05, 3.63) is 60.2 Å². The fraction of sp³-hybridized carbons (Fsp3) is 0.381. The molecular weight excluding hydrogens is 346 g/mol. The van der Waals surface area contributed by atoms with Crippen molar-refractivity contribution in [1.29, 1.82) is 0 Å². The standard InChI is InChI=1S/C21H27N3O.ClH/c1-2-22-16-17-12-14-24(15-13-17)21(25)19-10-6-7-11-20(19)23-18-8-4-3-5-9-18;/h3-11,17,22-23H,2,12-16H2,1H3;1H. The van der Waals surface area contributed by atoms with Gasteiger partial charge in [-0.25, -0.2) is 0 Å². The number of piperidine rings is 1. The van der Waals surface area contributed by atoms with E-state index in [0.29, 0.717) is 5.92 Å². The van der Waals surface area contributed by atoms with Crippen molar-refractivity contribution in [3.8, 4) is 0 Å². The highest BCUT2D eigenvalue weighted by molar-refractivity contribution is 6.00. The predicted molar refractivity (Wildman–Crippen MR) is 111 cm³/mol. The van der Waals surface area contributed by atoms with Crippen molar-refractivity contribution in [3.63, 3.8) is 0 Å². The molecule has 0 radical (unpaired) electrons. The highest BCUT2D eigenvalue weighted by atomic mass is 35.5. The molecule has 5 heteroatoms. The zero-order valence-corrected chi connectivity index (χ0v) is 16.1. The maximum Gasteiger partial charge on any atom is 0.255 e. The summed E-state index contributed by atoms with van der Waals surface area (Å²) >= 11 is 0. The highest BCUT2D eigenvalue weighted by Crippen LogP contribution is 2.24. The summed E-state index contributed by atoms with van der Waals surface area (Å²) in [6, 6.07) is 17.8. The molecule has 0 atom stereocenters. The molecule has 1 amide bonds. The Labute approximate surface area is 162 Å². The summed E-state index contributed by atoms with van der Waals surface area (Å²) in [7, 11) is 0. The Bertz CT molecular complexity index is 685. The van der Waals surface area contributed by atoms with Crippen molar-refractivity contribution >= 4 is 29.7 Å². The molecule has 0 saturated carbocycles. The van der Waals surface area contributed by atoms with Gasteiger partial charge < -0.3 is 15.5 Å². The topological polar surface area (TPSA) is 44.4 Å². The second-order valence-electron chi connectivity index (χ2n) is 6.58. The summed E-state index contributed by atoms with van der Waals surface area (Å²) < 4.78 is 0. The molecule has 3 rings (SSSR count). The largest absolute Gasteiger partial charge is 0.355 e. The van der Waals surface area contributed by atoms with E-state index in [0.717, 1.165) is 56.0 Å². The molecule has 26 heavy (non-hydrogen) atoms. The number of carbonyl (C=O) groups is 1. The van der Waals surface area contributed by atoms with Crippen LogP contribution in [0.4, 0.5) is 11.4 Å². The van der Waals surface area contributed by atoms with E-state index in [-0.39, 0.29) is 18.3 Å². The zero-order chi connectivity index (χ0) is 17.5. The number of halogens is 1. The van der Waals surface area contributed by atoms with Crippen molar-refractivity contribution in [2.24, 2.45) is 5.92 Å². The summed E-state index contributed by atoms with van der Waals surface area (Å²) in [5, 5.41) is 6.79. The van der Waals surface area contributed by atoms with Crippen LogP contribution in [-0.2, 0) is 0 Å². The molecule has 1 fully saturated rings. The SMILES string of the molecule is CCNCC1CCN(C(=O)c2ccccc2Nc2ccccc2)CC1.Cl. The van der Waals surface area contributed by atoms with E-state index in [2.05, 4.69) is 17.6 Å². The Balaban J connectivity index is 0.00000243. The maximum atomic E-state index is 13.0. The lowest BCUT2D eigenvalue weighted by molar-refractivity contribution is 0.0691. The third-order valence-electron chi connectivity index (χ3n) is 4.80. The fourth-order valence-electron chi connectivity index (χ4n) is 3.31. The van der Waals surface area contributed by atoms with Gasteiger partial charge in [-0.3, -0.25) is 4.79 Å². The number of rotatable bonds is 6. The summed E-state index contributed by atoms with van der Waals surface area (Å²) in [4.78, 5) is 15.0. The number of nitrogens with one attached hydrogen (secondary N) is 2. The lowest BCUT2D eigenvalue weighted by Gasteiger charge is -2.32. The predicted octanol–water partition coefficient (Wildman–Crippen LogP) is 4.31. The van der Waals surface area contributed by atoms with Gasteiger partial charge in [0, 0.05) is 18.8 Å². The Morgan fingerprint density at radius 1 is 1.04 bits per heavy atom. The van der Waals surface area contributed by atoms with Crippen molar-refractivity contribution in [1.82, 2.24) is 10.2 Å². The van der Waals surface area contributed by atoms with Gasteiger partial charge in [-0.2, -0.15) is 0 Å². The van der Waals surface area contributed by atoms with Gasteiger partial charge in [-0.15, -0.1) is 12.4 Å². The number of nitrogens with zero attached hydrogens (tertiary/aromatic N) is 1. The molecule has 2 aromatic carbocycles. The number of hydrogen-bond donors (Lipinski definition) is 2. The maximum absolute atomic E-state index is 13.0. The van der Waals surface area contributed by atoms with E-state index in [1.165, 1.54) is 0 Å². The molecule has 1 aliphatic rings. The van der Waals surface area contributed by atoms with E-state index < -0.39 is 0 Å². The van der Waals surface area contributed by atoms with Crippen LogP contribution in [0, 0.1) is 5.92 Å². The molecule has 1 saturated heterocycles. The Morgan fingerprint density at radius 2 is 1.69 bits per heavy atom. The number of likely N-dealkylation sites (tertiary alicyclic amines) is 1. The smallest absolute Gasteiger partial charge is 0.255 e. The van der Waals surface area contributed by atoms with E-state index in [1.54, 1.807) is 0 Å². The zero-order valence-electron chi connectivity index (χ0n) is 15.3. The van der Waals surface area contributed by atoms with Gasteiger partial charge in [0.25, 0.3) is 5.91 Å². The van der Waals surface area contributed by atoms with Crippen LogP contribution in [0.15, 0.2) is 54.6 Å². The molecule has 0 bridgehead atoms. The van der Waals surface area contributed by atoms with Crippen LogP contribution in [0.1, 0.15) is 30.1 Å². The molecule has 2 N–H and O–H groups in total. The Morgan fingerprint density at radius 3 is 2.38 bits per heavy atom. The molecule has 4 nitrogen and oxygen atoms in total. The number of para-hydroxylation sites is 2. The second-order valence-corrected chi connectivity index (χ2v) is 6.58. The van der Waals surface area contributed by atoms with E-state index >= 15 is 0 Å². The first kappa shape index (κ1) is 20.3. The van der Waals surface area contributed by atoms with Gasteiger partial charge in [-0.1, -0.05) is 37.3 Å². The van der Waals surface area contributed by atoms with Crippen molar-refractivity contribution in [2.75, 3.05) is 31.5 Å². The van der Waals surface area contributed by atoms with Crippen molar-refractivity contribution in [2.45, 2.75) is 19.8 Å². The first-order valence-corrected chi connectivity index (χ1v) is 9.19. The van der Waals surface area contributed by atoms with Gasteiger partial charge in [0.15, 0.2) is 0 Å². The summed E-state index contributed by atoms with van der Waals surface area (Å²) in [5.41, 5.74) is 2.61. The van der Waals surface area contributed by atoms with Crippen LogP contribution in [0.5, 0.6) is 0 Å². The van der Waals surface area contributed by atoms with E-state index in [9.17, 15) is 4.79 Å². The van der Waals surface area contributed by atoms with Crippen LogP contribution < -0.4 is 10.6 Å². The van der Waals surface area contributed by atoms with Gasteiger partial charge in [0.1, 0.15) is 0 Å². The Kier molecular flexibility index (Phi) is 7.95. The first-order valence-electron chi connectivity index (χ1n) is 9.19. The molecule has 0 aromatic heterocycles. The van der Waals surface area contributed by atoms with Crippen LogP contribution >= 0.6 is 12.4 Å². The third kappa shape index (κ3) is 5.23. The van der Waals surface area contributed by atoms with E-state index in [4.69, 9.17) is 0 Å². The molecule has 1 heterocycles. The number of benzene rings is 2. The number of hydrogen-bond acceptors (Lipinski definition) is 3. The minimum absolute atomic E-state index is 0. The minimum atomic E-state index is 0. The summed E-state index contributed by atoms with van der Waals surface area (Å²) in [6.07, 6.45) is 2.15. The van der Waals surface area contributed by atoms with Crippen molar-refractivity contribution < 1.29 is 4.79 Å². The lowest BCUT2D eigenvalue weighted by atomic mass is 9.96. The van der Waals surface area contributed by atoms with Gasteiger partial charge in [0.05, 0.1) is 11.3 Å². The number of anilines is 2. The normalized spacial score (nSPS) is 14.6. The highest BCUT2D eigenvalue weighted by Gasteiger charge is 2.24. The monoisotopic (exact) mass is 373 g/mol. The van der Waals surface area contributed by atoms with Crippen LogP contribution in [0.3, 0.4) is 0 Å². The molecule has 2 aromatic rings. The fourth-order valence-corrected chi connectivity index (χ4v) is 3.31. The summed E-state index contributed by atoms with van der Waals surface area (Å²) in [6.45, 7) is 5.89. The average molecular weight is 374 g/mol. The minimum Gasteiger partial charge on any atom is -0.355 e. The number of carbonyl (C=O) groups excluding carboxylic acids is 1. The van der Waals surface area contributed by atoms with Gasteiger partial charge >= 0.3 is 0 Å². The molecular formula is C21H28ClN3O. The average Bonchev–Trinajstić information content (AvgIpc) is 2.67. The van der Waals surface area contributed by atoms with Crippen LogP contribution in [-0.4, -0.2) is 37.0 Å². The van der Waals surface area contributed by atoms with Crippen LogP contribution in [0.25, 0.3) is 0 Å². The molecule has 0 unspecified atom stereocenters. The third-order valence-corrected chi connectivity index (χ3v) is 4.80. The number of amides is 1. The quantitative estimate of drug-likeness (QED) is 0.792. The molecule has 0 spiro atoms. The molecule has 0 aliphatic carbocycles. The molecule has 1 aliphatic heterocycles. The lowest BCUT2D eigenvalue weighted by Crippen LogP contribution is -2.40. The first-order chi connectivity index (χ1) is 12.3.